The summed E-state index contributed by atoms with van der Waals surface area (Å²) in [4.78, 5) is 0. The van der Waals surface area contributed by atoms with Gasteiger partial charge in [-0.05, 0) is 24.5 Å². The zero-order chi connectivity index (χ0) is 17.9. The number of sulfonamides is 1. The molecule has 132 valence electrons. The van der Waals surface area contributed by atoms with Crippen LogP contribution in [0.25, 0.3) is 0 Å². The van der Waals surface area contributed by atoms with Crippen molar-refractivity contribution < 1.29 is 13.5 Å². The number of aryl methyl sites for hydroxylation is 2. The van der Waals surface area contributed by atoms with Crippen molar-refractivity contribution in [2.75, 3.05) is 13.1 Å². The van der Waals surface area contributed by atoms with Gasteiger partial charge in [0.05, 0.1) is 24.3 Å². The first-order chi connectivity index (χ1) is 11.9. The lowest BCUT2D eigenvalue weighted by atomic mass is 10.0. The molecule has 0 bridgehead atoms. The zero-order valence-corrected chi connectivity index (χ0v) is 14.6. The molecule has 1 atom stereocenters. The van der Waals surface area contributed by atoms with Crippen molar-refractivity contribution in [3.05, 3.63) is 48.2 Å². The molecular formula is C17H20N4O3S. The topological polar surface area (TPSA) is 99.2 Å². The number of aromatic nitrogens is 2. The summed E-state index contributed by atoms with van der Waals surface area (Å²) in [5, 5.41) is 23.3. The monoisotopic (exact) mass is 360 g/mol. The Morgan fingerprint density at radius 1 is 1.28 bits per heavy atom. The summed E-state index contributed by atoms with van der Waals surface area (Å²) in [6, 6.07) is 13.2. The molecule has 8 heteroatoms. The second-order valence-electron chi connectivity index (χ2n) is 6.28. The molecule has 0 radical (unpaired) electrons. The van der Waals surface area contributed by atoms with Crippen LogP contribution in [0.5, 0.6) is 0 Å². The molecule has 0 amide bonds. The van der Waals surface area contributed by atoms with E-state index in [0.29, 0.717) is 13.0 Å². The number of hydrogen-bond acceptors (Lipinski definition) is 5. The highest BCUT2D eigenvalue weighted by molar-refractivity contribution is 7.89. The first-order valence-electron chi connectivity index (χ1n) is 8.10. The molecule has 0 aliphatic carbocycles. The highest BCUT2D eigenvalue weighted by atomic mass is 32.2. The third-order valence-electron chi connectivity index (χ3n) is 4.44. The van der Waals surface area contributed by atoms with E-state index in [9.17, 15) is 13.5 Å². The van der Waals surface area contributed by atoms with Crippen molar-refractivity contribution >= 4 is 10.0 Å². The quantitative estimate of drug-likeness (QED) is 0.833. The molecule has 1 N–H and O–H groups in total. The molecule has 1 aliphatic rings. The van der Waals surface area contributed by atoms with Gasteiger partial charge in [0.1, 0.15) is 0 Å². The number of nitriles is 1. The first kappa shape index (κ1) is 17.6. The maximum Gasteiger partial charge on any atom is 0.260 e. The Kier molecular flexibility index (Phi) is 4.90. The Morgan fingerprint density at radius 3 is 2.76 bits per heavy atom. The molecule has 25 heavy (non-hydrogen) atoms. The van der Waals surface area contributed by atoms with Gasteiger partial charge in [0.25, 0.3) is 10.0 Å². The summed E-state index contributed by atoms with van der Waals surface area (Å²) in [6.45, 7) is 0.582. The molecule has 1 aromatic carbocycles. The molecule has 0 spiro atoms. The predicted molar refractivity (Wildman–Crippen MR) is 90.9 cm³/mol. The lowest BCUT2D eigenvalue weighted by molar-refractivity contribution is 0.0609. The standard InChI is InChI=1S/C17H20N4O3S/c18-10-8-17(22)9-13-20(14-17)25(23,24)16-6-11-19-21(16)12-7-15-4-2-1-3-5-15/h1-6,11,22H,7-9,12-14H2. The minimum absolute atomic E-state index is 0.0627. The van der Waals surface area contributed by atoms with Gasteiger partial charge in [0.2, 0.25) is 0 Å². The largest absolute Gasteiger partial charge is 0.387 e. The van der Waals surface area contributed by atoms with E-state index in [1.165, 1.54) is 21.3 Å². The summed E-state index contributed by atoms with van der Waals surface area (Å²) in [5.41, 5.74) is -0.164. The minimum Gasteiger partial charge on any atom is -0.387 e. The molecule has 3 rings (SSSR count). The average molecular weight is 360 g/mol. The molecule has 0 saturated carbocycles. The highest BCUT2D eigenvalue weighted by Crippen LogP contribution is 2.29. The van der Waals surface area contributed by atoms with Gasteiger partial charge in [0, 0.05) is 19.6 Å². The number of nitrogens with zero attached hydrogens (tertiary/aromatic N) is 4. The van der Waals surface area contributed by atoms with Gasteiger partial charge >= 0.3 is 0 Å². The fourth-order valence-corrected chi connectivity index (χ4v) is 4.68. The molecular weight excluding hydrogens is 340 g/mol. The van der Waals surface area contributed by atoms with Crippen molar-refractivity contribution in [2.45, 2.75) is 36.4 Å². The Morgan fingerprint density at radius 2 is 2.04 bits per heavy atom. The average Bonchev–Trinajstić information content (AvgIpc) is 3.22. The SMILES string of the molecule is N#CCC1(O)CCN(S(=O)(=O)c2ccnn2CCc2ccccc2)C1. The van der Waals surface area contributed by atoms with Gasteiger partial charge in [-0.3, -0.25) is 4.68 Å². The van der Waals surface area contributed by atoms with Crippen LogP contribution in [0.2, 0.25) is 0 Å². The first-order valence-corrected chi connectivity index (χ1v) is 9.54. The van der Waals surface area contributed by atoms with Gasteiger partial charge in [-0.2, -0.15) is 14.7 Å². The lowest BCUT2D eigenvalue weighted by Gasteiger charge is -2.20. The summed E-state index contributed by atoms with van der Waals surface area (Å²) in [7, 11) is -3.76. The van der Waals surface area contributed by atoms with Gasteiger partial charge < -0.3 is 5.11 Å². The second-order valence-corrected chi connectivity index (χ2v) is 8.16. The lowest BCUT2D eigenvalue weighted by Crippen LogP contribution is -2.36. The van der Waals surface area contributed by atoms with Crippen LogP contribution < -0.4 is 0 Å². The summed E-state index contributed by atoms with van der Waals surface area (Å²) < 4.78 is 28.5. The fraction of sp³-hybridized carbons (Fsp3) is 0.412. The van der Waals surface area contributed by atoms with Crippen molar-refractivity contribution in [3.8, 4) is 6.07 Å². The van der Waals surface area contributed by atoms with Crippen LogP contribution in [0.1, 0.15) is 18.4 Å². The summed E-state index contributed by atoms with van der Waals surface area (Å²) >= 11 is 0. The normalized spacial score (nSPS) is 21.3. The van der Waals surface area contributed by atoms with Crippen LogP contribution in [0.15, 0.2) is 47.6 Å². The Labute approximate surface area is 147 Å². The number of benzene rings is 1. The number of β-amino-alcohol motifs (C(OH)–C–C–N with tert-alkyl or cyclic N) is 1. The molecule has 1 aliphatic heterocycles. The molecule has 1 aromatic heterocycles. The fourth-order valence-electron chi connectivity index (χ4n) is 3.04. The van der Waals surface area contributed by atoms with E-state index in [1.807, 2.05) is 36.4 Å². The van der Waals surface area contributed by atoms with Gasteiger partial charge in [0.15, 0.2) is 5.03 Å². The van der Waals surface area contributed by atoms with Crippen molar-refractivity contribution in [1.82, 2.24) is 14.1 Å². The minimum atomic E-state index is -3.76. The number of rotatable bonds is 6. The smallest absolute Gasteiger partial charge is 0.260 e. The van der Waals surface area contributed by atoms with E-state index < -0.39 is 15.6 Å². The van der Waals surface area contributed by atoms with E-state index in [4.69, 9.17) is 5.26 Å². The van der Waals surface area contributed by atoms with Crippen molar-refractivity contribution in [3.63, 3.8) is 0 Å². The Bertz CT molecular complexity index is 873. The summed E-state index contributed by atoms with van der Waals surface area (Å²) in [5.74, 6) is 0. The molecule has 1 unspecified atom stereocenters. The predicted octanol–water partition coefficient (Wildman–Crippen LogP) is 1.16. The highest BCUT2D eigenvalue weighted by Gasteiger charge is 2.42. The Hall–Kier alpha value is -2.21. The van der Waals surface area contributed by atoms with Crippen LogP contribution in [0.4, 0.5) is 0 Å². The number of hydrogen-bond donors (Lipinski definition) is 1. The van der Waals surface area contributed by atoms with E-state index in [2.05, 4.69) is 5.10 Å². The summed E-state index contributed by atoms with van der Waals surface area (Å²) in [6.07, 6.45) is 2.32. The van der Waals surface area contributed by atoms with E-state index in [-0.39, 0.29) is 31.0 Å². The molecule has 7 nitrogen and oxygen atoms in total. The molecule has 1 fully saturated rings. The van der Waals surface area contributed by atoms with Crippen LogP contribution in [-0.4, -0.2) is 46.3 Å². The maximum absolute atomic E-state index is 12.9. The second kappa shape index (κ2) is 6.96. The third kappa shape index (κ3) is 3.74. The van der Waals surface area contributed by atoms with Gasteiger partial charge in [-0.25, -0.2) is 8.42 Å². The zero-order valence-electron chi connectivity index (χ0n) is 13.7. The molecule has 2 heterocycles. The molecule has 2 aromatic rings. The van der Waals surface area contributed by atoms with E-state index >= 15 is 0 Å². The van der Waals surface area contributed by atoms with Crippen LogP contribution >= 0.6 is 0 Å². The third-order valence-corrected chi connectivity index (χ3v) is 6.31. The van der Waals surface area contributed by atoms with Crippen LogP contribution in [0.3, 0.4) is 0 Å². The molecule has 1 saturated heterocycles. The van der Waals surface area contributed by atoms with Crippen molar-refractivity contribution in [1.29, 1.82) is 5.26 Å². The van der Waals surface area contributed by atoms with E-state index in [1.54, 1.807) is 0 Å². The van der Waals surface area contributed by atoms with Crippen molar-refractivity contribution in [2.24, 2.45) is 0 Å². The Balaban J connectivity index is 1.76. The number of aliphatic hydroxyl groups is 1. The van der Waals surface area contributed by atoms with Crippen LogP contribution in [-0.2, 0) is 23.0 Å². The maximum atomic E-state index is 12.9. The van der Waals surface area contributed by atoms with Gasteiger partial charge in [-0.1, -0.05) is 30.3 Å². The van der Waals surface area contributed by atoms with E-state index in [0.717, 1.165) is 5.56 Å². The van der Waals surface area contributed by atoms with Gasteiger partial charge in [-0.15, -0.1) is 0 Å². The van der Waals surface area contributed by atoms with Crippen LogP contribution in [0, 0.1) is 11.3 Å².